The Bertz CT molecular complexity index is 953. The predicted octanol–water partition coefficient (Wildman–Crippen LogP) is 5.06. The third-order valence-corrected chi connectivity index (χ3v) is 5.45. The molecule has 0 aliphatic heterocycles. The molecule has 3 nitrogen and oxygen atoms in total. The molecule has 0 unspecified atom stereocenters. The molecule has 1 amide bonds. The molecular formula is C19H17F3N2OS. The first-order chi connectivity index (χ1) is 12.4. The highest BCUT2D eigenvalue weighted by Crippen LogP contribution is 2.34. The largest absolute Gasteiger partial charge is 0.416 e. The fraction of sp³-hybridized carbons (Fsp3) is 0.316. The van der Waals surface area contributed by atoms with Crippen molar-refractivity contribution < 1.29 is 18.0 Å². The molecule has 1 aliphatic carbocycles. The van der Waals surface area contributed by atoms with Crippen LogP contribution < -0.4 is 5.32 Å². The van der Waals surface area contributed by atoms with Crippen molar-refractivity contribution in [3.05, 3.63) is 58.6 Å². The van der Waals surface area contributed by atoms with Gasteiger partial charge in [0.25, 0.3) is 5.91 Å². The Morgan fingerprint density at radius 3 is 2.77 bits per heavy atom. The van der Waals surface area contributed by atoms with Crippen LogP contribution in [0.3, 0.4) is 0 Å². The van der Waals surface area contributed by atoms with E-state index in [1.807, 2.05) is 22.1 Å². The van der Waals surface area contributed by atoms with Crippen molar-refractivity contribution in [2.45, 2.75) is 32.1 Å². The van der Waals surface area contributed by atoms with E-state index in [-0.39, 0.29) is 12.5 Å². The lowest BCUT2D eigenvalue weighted by Gasteiger charge is -2.12. The third kappa shape index (κ3) is 3.49. The summed E-state index contributed by atoms with van der Waals surface area (Å²) in [5.41, 5.74) is 1.34. The van der Waals surface area contributed by atoms with Crippen molar-refractivity contribution in [1.82, 2.24) is 9.88 Å². The molecule has 0 spiro atoms. The van der Waals surface area contributed by atoms with Crippen LogP contribution in [-0.2, 0) is 19.3 Å². The number of nitrogens with zero attached hydrogens (tertiary/aromatic N) is 1. The summed E-state index contributed by atoms with van der Waals surface area (Å²) in [6.07, 6.45) is -2.03. The lowest BCUT2D eigenvalue weighted by Crippen LogP contribution is -2.26. The number of amides is 1. The van der Waals surface area contributed by atoms with Crippen molar-refractivity contribution in [2.75, 3.05) is 0 Å². The number of hydrogen-bond acceptors (Lipinski definition) is 2. The smallest absolute Gasteiger partial charge is 0.347 e. The van der Waals surface area contributed by atoms with E-state index >= 15 is 0 Å². The SMILES string of the molecule is O=C(NCc1cccc(C(F)(F)F)c1)c1cc2sccc2n1CC1CC1. The predicted molar refractivity (Wildman–Crippen MR) is 95.2 cm³/mol. The molecule has 1 N–H and O–H groups in total. The van der Waals surface area contributed by atoms with Gasteiger partial charge in [-0.05, 0) is 54.0 Å². The highest BCUT2D eigenvalue weighted by atomic mass is 32.1. The summed E-state index contributed by atoms with van der Waals surface area (Å²) in [5.74, 6) is 0.354. The molecule has 2 heterocycles. The molecule has 3 aromatic rings. The number of thiophene rings is 1. The number of halogens is 3. The molecule has 1 saturated carbocycles. The number of alkyl halides is 3. The average molecular weight is 378 g/mol. The zero-order valence-electron chi connectivity index (χ0n) is 13.8. The first-order valence-electron chi connectivity index (χ1n) is 8.43. The van der Waals surface area contributed by atoms with E-state index in [9.17, 15) is 18.0 Å². The molecule has 1 aliphatic rings. The van der Waals surface area contributed by atoms with E-state index in [0.717, 1.165) is 28.9 Å². The van der Waals surface area contributed by atoms with Crippen LogP contribution in [0.15, 0.2) is 41.8 Å². The van der Waals surface area contributed by atoms with Crippen LogP contribution in [0.25, 0.3) is 10.2 Å². The Hall–Kier alpha value is -2.28. The molecule has 0 radical (unpaired) electrons. The maximum Gasteiger partial charge on any atom is 0.416 e. The van der Waals surface area contributed by atoms with Crippen LogP contribution in [-0.4, -0.2) is 10.5 Å². The van der Waals surface area contributed by atoms with Crippen molar-refractivity contribution in [3.8, 4) is 0 Å². The van der Waals surface area contributed by atoms with Crippen LogP contribution in [0, 0.1) is 5.92 Å². The maximum absolute atomic E-state index is 12.8. The second kappa shape index (κ2) is 6.46. The van der Waals surface area contributed by atoms with E-state index in [1.54, 1.807) is 17.4 Å². The molecular weight excluding hydrogens is 361 g/mol. The summed E-state index contributed by atoms with van der Waals surface area (Å²) >= 11 is 1.58. The number of hydrogen-bond donors (Lipinski definition) is 1. The van der Waals surface area contributed by atoms with E-state index in [0.29, 0.717) is 17.2 Å². The number of nitrogens with one attached hydrogen (secondary N) is 1. The molecule has 0 atom stereocenters. The quantitative estimate of drug-likeness (QED) is 0.661. The van der Waals surface area contributed by atoms with Crippen molar-refractivity contribution in [1.29, 1.82) is 0 Å². The zero-order valence-corrected chi connectivity index (χ0v) is 14.7. The van der Waals surface area contributed by atoms with Crippen molar-refractivity contribution >= 4 is 27.5 Å². The summed E-state index contributed by atoms with van der Waals surface area (Å²) in [6, 6.07) is 8.91. The van der Waals surface area contributed by atoms with Gasteiger partial charge in [0.05, 0.1) is 15.8 Å². The summed E-state index contributed by atoms with van der Waals surface area (Å²) in [4.78, 5) is 12.6. The van der Waals surface area contributed by atoms with Gasteiger partial charge < -0.3 is 9.88 Å². The molecule has 1 fully saturated rings. The maximum atomic E-state index is 12.8. The van der Waals surface area contributed by atoms with Gasteiger partial charge in [0.15, 0.2) is 0 Å². The van der Waals surface area contributed by atoms with Gasteiger partial charge in [-0.2, -0.15) is 13.2 Å². The van der Waals surface area contributed by atoms with Gasteiger partial charge in [0.1, 0.15) is 5.69 Å². The minimum absolute atomic E-state index is 0.0605. The second-order valence-corrected chi connectivity index (χ2v) is 7.58. The lowest BCUT2D eigenvalue weighted by atomic mass is 10.1. The monoisotopic (exact) mass is 378 g/mol. The molecule has 136 valence electrons. The van der Waals surface area contributed by atoms with Crippen LogP contribution >= 0.6 is 11.3 Å². The van der Waals surface area contributed by atoms with Crippen LogP contribution in [0.1, 0.15) is 34.5 Å². The summed E-state index contributed by atoms with van der Waals surface area (Å²) in [7, 11) is 0. The van der Waals surface area contributed by atoms with Crippen molar-refractivity contribution in [3.63, 3.8) is 0 Å². The van der Waals surface area contributed by atoms with Crippen LogP contribution in [0.4, 0.5) is 13.2 Å². The molecule has 1 aromatic carbocycles. The van der Waals surface area contributed by atoms with Crippen LogP contribution in [0.5, 0.6) is 0 Å². The molecule has 4 rings (SSSR count). The van der Waals surface area contributed by atoms with Gasteiger partial charge in [-0.15, -0.1) is 11.3 Å². The number of benzene rings is 1. The molecule has 2 aromatic heterocycles. The summed E-state index contributed by atoms with van der Waals surface area (Å²) in [6.45, 7) is 0.873. The summed E-state index contributed by atoms with van der Waals surface area (Å²) < 4.78 is 41.5. The number of fused-ring (bicyclic) bond motifs is 1. The number of carbonyl (C=O) groups is 1. The highest BCUT2D eigenvalue weighted by molar-refractivity contribution is 7.17. The van der Waals surface area contributed by atoms with E-state index < -0.39 is 11.7 Å². The zero-order chi connectivity index (χ0) is 18.3. The van der Waals surface area contributed by atoms with Gasteiger partial charge in [0.2, 0.25) is 0 Å². The molecule has 26 heavy (non-hydrogen) atoms. The topological polar surface area (TPSA) is 34.0 Å². The first kappa shape index (κ1) is 17.1. The minimum atomic E-state index is -4.39. The lowest BCUT2D eigenvalue weighted by molar-refractivity contribution is -0.137. The Balaban J connectivity index is 1.52. The Morgan fingerprint density at radius 1 is 1.23 bits per heavy atom. The van der Waals surface area contributed by atoms with E-state index in [4.69, 9.17) is 0 Å². The third-order valence-electron chi connectivity index (χ3n) is 4.60. The van der Waals surface area contributed by atoms with E-state index in [1.165, 1.54) is 18.9 Å². The van der Waals surface area contributed by atoms with Gasteiger partial charge in [0, 0.05) is 13.1 Å². The Kier molecular flexibility index (Phi) is 4.26. The summed E-state index contributed by atoms with van der Waals surface area (Å²) in [5, 5.41) is 4.75. The molecule has 7 heteroatoms. The van der Waals surface area contributed by atoms with Gasteiger partial charge in [-0.3, -0.25) is 4.79 Å². The minimum Gasteiger partial charge on any atom is -0.347 e. The standard InChI is InChI=1S/C19H17F3N2OS/c20-19(21,22)14-3-1-2-13(8-14)10-23-18(25)16-9-17-15(6-7-26-17)24(16)11-12-4-5-12/h1-3,6-9,12H,4-5,10-11H2,(H,23,25). The normalized spacial score (nSPS) is 14.7. The highest BCUT2D eigenvalue weighted by Gasteiger charge is 2.30. The second-order valence-electron chi connectivity index (χ2n) is 6.63. The number of aromatic nitrogens is 1. The van der Waals surface area contributed by atoms with Gasteiger partial charge in [-0.1, -0.05) is 12.1 Å². The van der Waals surface area contributed by atoms with Crippen molar-refractivity contribution in [2.24, 2.45) is 5.92 Å². The fourth-order valence-corrected chi connectivity index (χ4v) is 3.87. The molecule has 0 bridgehead atoms. The Labute approximate surface area is 152 Å². The van der Waals surface area contributed by atoms with E-state index in [2.05, 4.69) is 5.32 Å². The molecule has 0 saturated heterocycles. The van der Waals surface area contributed by atoms with Crippen LogP contribution in [0.2, 0.25) is 0 Å². The Morgan fingerprint density at radius 2 is 2.04 bits per heavy atom. The van der Waals surface area contributed by atoms with Gasteiger partial charge in [-0.25, -0.2) is 0 Å². The fourth-order valence-electron chi connectivity index (χ4n) is 3.05. The average Bonchev–Trinajstić information content (AvgIpc) is 3.19. The number of carbonyl (C=O) groups excluding carboxylic acids is 1. The number of rotatable bonds is 5. The van der Waals surface area contributed by atoms with Gasteiger partial charge >= 0.3 is 6.18 Å². The first-order valence-corrected chi connectivity index (χ1v) is 9.31.